The van der Waals surface area contributed by atoms with Crippen LogP contribution < -0.4 is 0 Å². The van der Waals surface area contributed by atoms with Gasteiger partial charge >= 0.3 is 6.09 Å². The van der Waals surface area contributed by atoms with Crippen molar-refractivity contribution in [3.8, 4) is 0 Å². The maximum atomic E-state index is 12.4. The Morgan fingerprint density at radius 2 is 2.32 bits per heavy atom. The van der Waals surface area contributed by atoms with Gasteiger partial charge in [0.1, 0.15) is 6.61 Å². The van der Waals surface area contributed by atoms with Gasteiger partial charge in [0.15, 0.2) is 0 Å². The standard InChI is InChI=1S/C15H22N4O3/c1-2-15-11-17(9-10-19(15)14(21)22-12-15)13(20)5-3-7-18-8-4-6-16-18/h4,6,8H,2-3,5,7,9-12H2,1H3. The van der Waals surface area contributed by atoms with E-state index in [0.717, 1.165) is 19.4 Å². The van der Waals surface area contributed by atoms with E-state index in [2.05, 4.69) is 5.10 Å². The Bertz CT molecular complexity index is 545. The van der Waals surface area contributed by atoms with Crippen LogP contribution in [-0.4, -0.2) is 63.4 Å². The van der Waals surface area contributed by atoms with Gasteiger partial charge in [-0.2, -0.15) is 5.10 Å². The second-order valence-electron chi connectivity index (χ2n) is 5.97. The van der Waals surface area contributed by atoms with E-state index in [1.54, 1.807) is 11.1 Å². The number of aryl methyl sites for hydroxylation is 1. The molecule has 1 atom stereocenters. The first-order valence-corrected chi connectivity index (χ1v) is 7.84. The zero-order valence-electron chi connectivity index (χ0n) is 12.9. The van der Waals surface area contributed by atoms with Crippen molar-refractivity contribution < 1.29 is 14.3 Å². The Hall–Kier alpha value is -2.05. The molecule has 1 aromatic rings. The van der Waals surface area contributed by atoms with Gasteiger partial charge in [-0.3, -0.25) is 14.4 Å². The summed E-state index contributed by atoms with van der Waals surface area (Å²) in [6.45, 7) is 4.92. The molecule has 7 nitrogen and oxygen atoms in total. The number of piperazine rings is 1. The third kappa shape index (κ3) is 2.67. The van der Waals surface area contributed by atoms with Crippen LogP contribution in [0.3, 0.4) is 0 Å². The first-order chi connectivity index (χ1) is 10.6. The number of nitrogens with zero attached hydrogens (tertiary/aromatic N) is 4. The predicted molar refractivity (Wildman–Crippen MR) is 79.1 cm³/mol. The maximum Gasteiger partial charge on any atom is 0.410 e. The van der Waals surface area contributed by atoms with E-state index in [1.807, 2.05) is 28.8 Å². The van der Waals surface area contributed by atoms with Gasteiger partial charge in [0.05, 0.1) is 5.54 Å². The molecule has 3 heterocycles. The van der Waals surface area contributed by atoms with Crippen LogP contribution in [-0.2, 0) is 16.1 Å². The molecule has 2 amide bonds. The van der Waals surface area contributed by atoms with E-state index in [1.165, 1.54) is 0 Å². The average molecular weight is 306 g/mol. The molecule has 120 valence electrons. The summed E-state index contributed by atoms with van der Waals surface area (Å²) in [7, 11) is 0. The lowest BCUT2D eigenvalue weighted by Gasteiger charge is -2.44. The first-order valence-electron chi connectivity index (χ1n) is 7.84. The molecule has 22 heavy (non-hydrogen) atoms. The Labute approximate surface area is 129 Å². The minimum absolute atomic E-state index is 0.152. The van der Waals surface area contributed by atoms with Crippen LogP contribution >= 0.6 is 0 Å². The fraction of sp³-hybridized carbons (Fsp3) is 0.667. The lowest BCUT2D eigenvalue weighted by molar-refractivity contribution is -0.135. The molecule has 1 unspecified atom stereocenters. The number of hydrogen-bond acceptors (Lipinski definition) is 4. The summed E-state index contributed by atoms with van der Waals surface area (Å²) in [5.41, 5.74) is -0.326. The Morgan fingerprint density at radius 3 is 3.05 bits per heavy atom. The minimum Gasteiger partial charge on any atom is -0.447 e. The number of carbonyl (C=O) groups is 2. The molecule has 2 aliphatic rings. The molecule has 0 aliphatic carbocycles. The molecule has 7 heteroatoms. The van der Waals surface area contributed by atoms with Crippen LogP contribution in [0.15, 0.2) is 18.5 Å². The summed E-state index contributed by atoms with van der Waals surface area (Å²) in [4.78, 5) is 27.8. The highest BCUT2D eigenvalue weighted by atomic mass is 16.6. The number of aromatic nitrogens is 2. The SMILES string of the molecule is CCC12COC(=O)N1CCN(C(=O)CCCn1cccn1)C2. The third-order valence-electron chi connectivity index (χ3n) is 4.68. The molecular formula is C15H22N4O3. The Balaban J connectivity index is 1.54. The number of amides is 2. The number of rotatable bonds is 5. The van der Waals surface area contributed by atoms with Crippen LogP contribution in [0.1, 0.15) is 26.2 Å². The lowest BCUT2D eigenvalue weighted by atomic mass is 9.92. The molecule has 0 spiro atoms. The van der Waals surface area contributed by atoms with Gasteiger partial charge in [-0.1, -0.05) is 6.92 Å². The number of hydrogen-bond donors (Lipinski definition) is 0. The molecule has 0 saturated carbocycles. The summed E-state index contributed by atoms with van der Waals surface area (Å²) < 4.78 is 7.03. The molecule has 0 N–H and O–H groups in total. The van der Waals surface area contributed by atoms with Gasteiger partial charge < -0.3 is 9.64 Å². The normalized spacial score (nSPS) is 24.3. The molecule has 0 aromatic carbocycles. The summed E-state index contributed by atoms with van der Waals surface area (Å²) in [6, 6.07) is 1.88. The minimum atomic E-state index is -0.326. The van der Waals surface area contributed by atoms with Gasteiger partial charge in [0.2, 0.25) is 5.91 Å². The Morgan fingerprint density at radius 1 is 1.45 bits per heavy atom. The van der Waals surface area contributed by atoms with Crippen molar-refractivity contribution in [1.29, 1.82) is 0 Å². The van der Waals surface area contributed by atoms with E-state index in [-0.39, 0.29) is 17.5 Å². The van der Waals surface area contributed by atoms with Crippen LogP contribution in [0.5, 0.6) is 0 Å². The molecule has 3 rings (SSSR count). The number of fused-ring (bicyclic) bond motifs is 1. The smallest absolute Gasteiger partial charge is 0.410 e. The second-order valence-corrected chi connectivity index (χ2v) is 5.97. The van der Waals surface area contributed by atoms with Gasteiger partial charge in [0.25, 0.3) is 0 Å². The van der Waals surface area contributed by atoms with Crippen LogP contribution in [0.2, 0.25) is 0 Å². The fourth-order valence-electron chi connectivity index (χ4n) is 3.26. The highest BCUT2D eigenvalue weighted by Gasteiger charge is 2.50. The third-order valence-corrected chi connectivity index (χ3v) is 4.68. The zero-order valence-corrected chi connectivity index (χ0v) is 12.9. The van der Waals surface area contributed by atoms with Crippen molar-refractivity contribution in [2.75, 3.05) is 26.2 Å². The zero-order chi connectivity index (χ0) is 15.6. The second kappa shape index (κ2) is 5.98. The van der Waals surface area contributed by atoms with Crippen LogP contribution in [0, 0.1) is 0 Å². The van der Waals surface area contributed by atoms with E-state index >= 15 is 0 Å². The summed E-state index contributed by atoms with van der Waals surface area (Å²) in [5.74, 6) is 0.152. The molecule has 2 fully saturated rings. The van der Waals surface area contributed by atoms with Crippen molar-refractivity contribution in [2.24, 2.45) is 0 Å². The fourth-order valence-corrected chi connectivity index (χ4v) is 3.26. The maximum absolute atomic E-state index is 12.4. The van der Waals surface area contributed by atoms with Gasteiger partial charge in [-0.05, 0) is 18.9 Å². The van der Waals surface area contributed by atoms with Crippen molar-refractivity contribution in [3.63, 3.8) is 0 Å². The van der Waals surface area contributed by atoms with E-state index in [0.29, 0.717) is 32.7 Å². The van der Waals surface area contributed by atoms with Crippen molar-refractivity contribution in [3.05, 3.63) is 18.5 Å². The largest absolute Gasteiger partial charge is 0.447 e. The van der Waals surface area contributed by atoms with Crippen molar-refractivity contribution in [2.45, 2.75) is 38.3 Å². The first kappa shape index (κ1) is 14.9. The Kier molecular flexibility index (Phi) is 4.04. The van der Waals surface area contributed by atoms with Crippen LogP contribution in [0.4, 0.5) is 4.79 Å². The highest BCUT2D eigenvalue weighted by Crippen LogP contribution is 2.31. The van der Waals surface area contributed by atoms with Crippen LogP contribution in [0.25, 0.3) is 0 Å². The molecule has 0 bridgehead atoms. The molecule has 0 radical (unpaired) electrons. The summed E-state index contributed by atoms with van der Waals surface area (Å²) in [5, 5.41) is 4.13. The van der Waals surface area contributed by atoms with Crippen molar-refractivity contribution in [1.82, 2.24) is 19.6 Å². The van der Waals surface area contributed by atoms with Gasteiger partial charge in [-0.15, -0.1) is 0 Å². The quantitative estimate of drug-likeness (QED) is 0.817. The number of cyclic esters (lactones) is 1. The van der Waals surface area contributed by atoms with Gasteiger partial charge in [0, 0.05) is 45.0 Å². The topological polar surface area (TPSA) is 67.7 Å². The monoisotopic (exact) mass is 306 g/mol. The van der Waals surface area contributed by atoms with Crippen molar-refractivity contribution >= 4 is 12.0 Å². The molecule has 2 saturated heterocycles. The summed E-state index contributed by atoms with van der Waals surface area (Å²) in [6.07, 6.45) is 5.48. The molecular weight excluding hydrogens is 284 g/mol. The number of carbonyl (C=O) groups excluding carboxylic acids is 2. The predicted octanol–water partition coefficient (Wildman–Crippen LogP) is 1.11. The number of ether oxygens (including phenoxy) is 1. The highest BCUT2D eigenvalue weighted by molar-refractivity contribution is 5.77. The lowest BCUT2D eigenvalue weighted by Crippen LogP contribution is -2.62. The van der Waals surface area contributed by atoms with E-state index < -0.39 is 0 Å². The van der Waals surface area contributed by atoms with Gasteiger partial charge in [-0.25, -0.2) is 4.79 Å². The summed E-state index contributed by atoms with van der Waals surface area (Å²) >= 11 is 0. The molecule has 2 aliphatic heterocycles. The average Bonchev–Trinajstić information content (AvgIpc) is 3.16. The van der Waals surface area contributed by atoms with E-state index in [4.69, 9.17) is 4.74 Å². The van der Waals surface area contributed by atoms with E-state index in [9.17, 15) is 9.59 Å². The molecule has 1 aromatic heterocycles.